The lowest BCUT2D eigenvalue weighted by atomic mass is 10.2. The number of thioether (sulfide) groups is 1. The second-order valence-corrected chi connectivity index (χ2v) is 5.84. The zero-order valence-electron chi connectivity index (χ0n) is 10.4. The number of carbonyl (C=O) groups is 1. The van der Waals surface area contributed by atoms with E-state index < -0.39 is 17.5 Å². The van der Waals surface area contributed by atoms with E-state index in [2.05, 4.69) is 21.2 Å². The van der Waals surface area contributed by atoms with Gasteiger partial charge in [0.1, 0.15) is 5.82 Å². The average Bonchev–Trinajstić information content (AvgIpc) is 2.43. The number of halogens is 4. The van der Waals surface area contributed by atoms with E-state index in [1.165, 1.54) is 24.3 Å². The molecule has 0 unspecified atom stereocenters. The highest BCUT2D eigenvalue weighted by Gasteiger charge is 2.13. The van der Waals surface area contributed by atoms with Crippen LogP contribution < -0.4 is 5.32 Å². The van der Waals surface area contributed by atoms with Crippen LogP contribution >= 0.6 is 27.7 Å². The highest BCUT2D eigenvalue weighted by atomic mass is 79.9. The van der Waals surface area contributed by atoms with Gasteiger partial charge < -0.3 is 5.32 Å². The number of alkyl halides is 2. The van der Waals surface area contributed by atoms with Crippen LogP contribution in [0.3, 0.4) is 0 Å². The van der Waals surface area contributed by atoms with Crippen molar-refractivity contribution in [2.45, 2.75) is 10.7 Å². The van der Waals surface area contributed by atoms with Gasteiger partial charge in [0, 0.05) is 10.5 Å². The Hall–Kier alpha value is -1.47. The number of rotatable bonds is 4. The Morgan fingerprint density at radius 3 is 2.57 bits per heavy atom. The molecule has 2 aromatic carbocycles. The van der Waals surface area contributed by atoms with Crippen molar-refractivity contribution < 1.29 is 18.0 Å². The highest BCUT2D eigenvalue weighted by molar-refractivity contribution is 9.10. The predicted octanol–water partition coefficient (Wildman–Crippen LogP) is 5.16. The molecular formula is C14H9BrF3NOS. The summed E-state index contributed by atoms with van der Waals surface area (Å²) >= 11 is 3.34. The molecule has 0 bridgehead atoms. The lowest BCUT2D eigenvalue weighted by Crippen LogP contribution is -2.12. The minimum absolute atomic E-state index is 0.158. The molecule has 0 atom stereocenters. The number of nitrogens with one attached hydrogen (secondary N) is 1. The van der Waals surface area contributed by atoms with E-state index in [1.807, 2.05) is 0 Å². The summed E-state index contributed by atoms with van der Waals surface area (Å²) < 4.78 is 38.2. The Morgan fingerprint density at radius 1 is 1.19 bits per heavy atom. The molecule has 0 saturated carbocycles. The van der Waals surface area contributed by atoms with Gasteiger partial charge in [-0.3, -0.25) is 4.79 Å². The summed E-state index contributed by atoms with van der Waals surface area (Å²) in [5, 5.41) is 2.54. The van der Waals surface area contributed by atoms with Crippen molar-refractivity contribution in [1.29, 1.82) is 0 Å². The first-order valence-electron chi connectivity index (χ1n) is 5.77. The fourth-order valence-corrected chi connectivity index (χ4v) is 2.57. The van der Waals surface area contributed by atoms with E-state index in [0.29, 0.717) is 11.8 Å². The molecule has 7 heteroatoms. The predicted molar refractivity (Wildman–Crippen MR) is 80.4 cm³/mol. The summed E-state index contributed by atoms with van der Waals surface area (Å²) in [6, 6.07) is 10.1. The molecule has 110 valence electrons. The van der Waals surface area contributed by atoms with Crippen molar-refractivity contribution in [1.82, 2.24) is 0 Å². The molecule has 0 radical (unpaired) electrons. The number of amides is 1. The third-order valence-electron chi connectivity index (χ3n) is 2.53. The topological polar surface area (TPSA) is 29.1 Å². The summed E-state index contributed by atoms with van der Waals surface area (Å²) in [6.07, 6.45) is 0. The maximum Gasteiger partial charge on any atom is 0.288 e. The number of hydrogen-bond acceptors (Lipinski definition) is 2. The number of anilines is 1. The van der Waals surface area contributed by atoms with Gasteiger partial charge >= 0.3 is 0 Å². The second kappa shape index (κ2) is 7.00. The average molecular weight is 376 g/mol. The van der Waals surface area contributed by atoms with Gasteiger partial charge in [0.25, 0.3) is 11.7 Å². The van der Waals surface area contributed by atoms with Gasteiger partial charge in [0.2, 0.25) is 0 Å². The second-order valence-electron chi connectivity index (χ2n) is 3.96. The smallest absolute Gasteiger partial charge is 0.288 e. The van der Waals surface area contributed by atoms with Crippen molar-refractivity contribution in [2.24, 2.45) is 0 Å². The van der Waals surface area contributed by atoms with E-state index in [0.717, 1.165) is 6.07 Å². The third-order valence-corrected chi connectivity index (χ3v) is 3.93. The van der Waals surface area contributed by atoms with Crippen LogP contribution in [0, 0.1) is 5.82 Å². The Bertz CT molecular complexity index is 666. The van der Waals surface area contributed by atoms with Gasteiger partial charge in [-0.05, 0) is 46.3 Å². The Balaban J connectivity index is 2.21. The summed E-state index contributed by atoms with van der Waals surface area (Å²) in [5.41, 5.74) is 0.508. The summed E-state index contributed by atoms with van der Waals surface area (Å²) in [5.74, 6) is -3.57. The lowest BCUT2D eigenvalue weighted by Gasteiger charge is -2.10. The zero-order valence-corrected chi connectivity index (χ0v) is 12.8. The molecule has 0 aliphatic heterocycles. The minimum Gasteiger partial charge on any atom is -0.321 e. The molecule has 0 aliphatic rings. The molecule has 1 N–H and O–H groups in total. The Kier molecular flexibility index (Phi) is 5.30. The van der Waals surface area contributed by atoms with Crippen molar-refractivity contribution in [3.63, 3.8) is 0 Å². The molecule has 0 aliphatic carbocycles. The molecule has 0 heterocycles. The number of para-hydroxylation sites is 1. The molecule has 0 aromatic heterocycles. The standard InChI is InChI=1S/C14H9BrF3NOS/c15-9-7-8(5-6-10(9)16)13(20)19-11-3-1-2-4-12(11)21-14(17)18/h1-7,14H,(H,19,20). The molecular weight excluding hydrogens is 367 g/mol. The molecule has 2 nitrogen and oxygen atoms in total. The van der Waals surface area contributed by atoms with Crippen molar-refractivity contribution >= 4 is 39.3 Å². The van der Waals surface area contributed by atoms with Gasteiger partial charge in [0.15, 0.2) is 0 Å². The molecule has 2 aromatic rings. The van der Waals surface area contributed by atoms with E-state index >= 15 is 0 Å². The fraction of sp³-hybridized carbons (Fsp3) is 0.0714. The Morgan fingerprint density at radius 2 is 1.90 bits per heavy atom. The van der Waals surface area contributed by atoms with Crippen molar-refractivity contribution in [2.75, 3.05) is 5.32 Å². The van der Waals surface area contributed by atoms with Gasteiger partial charge in [-0.25, -0.2) is 4.39 Å². The first kappa shape index (κ1) is 15.9. The number of benzene rings is 2. The first-order chi connectivity index (χ1) is 9.97. The van der Waals surface area contributed by atoms with E-state index in [-0.39, 0.29) is 20.6 Å². The summed E-state index contributed by atoms with van der Waals surface area (Å²) in [4.78, 5) is 12.3. The summed E-state index contributed by atoms with van der Waals surface area (Å²) in [6.45, 7) is 0. The van der Waals surface area contributed by atoms with Crippen molar-refractivity contribution in [3.05, 3.63) is 58.3 Å². The minimum atomic E-state index is -2.58. The number of carbonyl (C=O) groups excluding carboxylic acids is 1. The largest absolute Gasteiger partial charge is 0.321 e. The molecule has 21 heavy (non-hydrogen) atoms. The van der Waals surface area contributed by atoms with Gasteiger partial charge in [0.05, 0.1) is 10.2 Å². The molecule has 0 fully saturated rings. The van der Waals surface area contributed by atoms with Gasteiger partial charge in [-0.15, -0.1) is 0 Å². The molecule has 0 spiro atoms. The van der Waals surface area contributed by atoms with Crippen LogP contribution in [0.1, 0.15) is 10.4 Å². The lowest BCUT2D eigenvalue weighted by molar-refractivity contribution is 0.102. The zero-order chi connectivity index (χ0) is 15.4. The normalized spacial score (nSPS) is 10.7. The molecule has 0 saturated heterocycles. The SMILES string of the molecule is O=C(Nc1ccccc1SC(F)F)c1ccc(F)c(Br)c1. The van der Waals surface area contributed by atoms with Crippen LogP contribution in [0.25, 0.3) is 0 Å². The number of hydrogen-bond donors (Lipinski definition) is 1. The van der Waals surface area contributed by atoms with Crippen LogP contribution in [0.15, 0.2) is 51.8 Å². The van der Waals surface area contributed by atoms with Crippen LogP contribution in [-0.4, -0.2) is 11.7 Å². The van der Waals surface area contributed by atoms with Crippen LogP contribution in [0.2, 0.25) is 0 Å². The van der Waals surface area contributed by atoms with Crippen LogP contribution in [-0.2, 0) is 0 Å². The van der Waals surface area contributed by atoms with Gasteiger partial charge in [-0.1, -0.05) is 23.9 Å². The van der Waals surface area contributed by atoms with E-state index in [4.69, 9.17) is 0 Å². The molecule has 2 rings (SSSR count). The fourth-order valence-electron chi connectivity index (χ4n) is 1.60. The highest BCUT2D eigenvalue weighted by Crippen LogP contribution is 2.32. The van der Waals surface area contributed by atoms with E-state index in [9.17, 15) is 18.0 Å². The van der Waals surface area contributed by atoms with Crippen LogP contribution in [0.5, 0.6) is 0 Å². The van der Waals surface area contributed by atoms with Gasteiger partial charge in [-0.2, -0.15) is 8.78 Å². The van der Waals surface area contributed by atoms with Crippen molar-refractivity contribution in [3.8, 4) is 0 Å². The summed E-state index contributed by atoms with van der Waals surface area (Å²) in [7, 11) is 0. The first-order valence-corrected chi connectivity index (χ1v) is 7.45. The maximum atomic E-state index is 13.1. The van der Waals surface area contributed by atoms with E-state index in [1.54, 1.807) is 12.1 Å². The quantitative estimate of drug-likeness (QED) is 0.748. The monoisotopic (exact) mass is 375 g/mol. The maximum absolute atomic E-state index is 13.1. The van der Waals surface area contributed by atoms with Crippen LogP contribution in [0.4, 0.5) is 18.9 Å². The Labute approximate surface area is 131 Å². The molecule has 1 amide bonds. The third kappa shape index (κ3) is 4.25.